The SMILES string of the molecule is COC1(CNN)CCC(C)CC1. The van der Waals surface area contributed by atoms with Crippen molar-refractivity contribution in [3.05, 3.63) is 0 Å². The van der Waals surface area contributed by atoms with E-state index in [0.717, 1.165) is 25.3 Å². The second-order valence-electron chi connectivity index (χ2n) is 3.95. The number of methoxy groups -OCH3 is 1. The number of hydrogen-bond donors (Lipinski definition) is 2. The van der Waals surface area contributed by atoms with E-state index in [1.165, 1.54) is 12.8 Å². The molecule has 3 nitrogen and oxygen atoms in total. The quantitative estimate of drug-likeness (QED) is 0.494. The Morgan fingerprint density at radius 1 is 1.50 bits per heavy atom. The Morgan fingerprint density at radius 3 is 2.50 bits per heavy atom. The smallest absolute Gasteiger partial charge is 0.0816 e. The first-order valence-electron chi connectivity index (χ1n) is 4.71. The second kappa shape index (κ2) is 4.21. The van der Waals surface area contributed by atoms with Crippen LogP contribution in [0, 0.1) is 5.92 Å². The summed E-state index contributed by atoms with van der Waals surface area (Å²) in [7, 11) is 1.79. The first-order valence-corrected chi connectivity index (χ1v) is 4.71. The van der Waals surface area contributed by atoms with E-state index < -0.39 is 0 Å². The zero-order valence-electron chi connectivity index (χ0n) is 8.10. The van der Waals surface area contributed by atoms with E-state index >= 15 is 0 Å². The molecule has 3 heteroatoms. The molecular formula is C9H20N2O. The standard InChI is InChI=1S/C9H20N2O/c1-8-3-5-9(12-2,6-4-8)7-11-10/h8,11H,3-7,10H2,1-2H3. The number of hydrazine groups is 1. The zero-order valence-corrected chi connectivity index (χ0v) is 8.10. The highest BCUT2D eigenvalue weighted by molar-refractivity contribution is 4.87. The molecule has 1 aliphatic rings. The van der Waals surface area contributed by atoms with E-state index in [2.05, 4.69) is 12.3 Å². The van der Waals surface area contributed by atoms with Crippen molar-refractivity contribution < 1.29 is 4.74 Å². The molecule has 1 aliphatic carbocycles. The molecule has 0 spiro atoms. The summed E-state index contributed by atoms with van der Waals surface area (Å²) in [6, 6.07) is 0. The van der Waals surface area contributed by atoms with Crippen LogP contribution < -0.4 is 11.3 Å². The summed E-state index contributed by atoms with van der Waals surface area (Å²) < 4.78 is 5.52. The van der Waals surface area contributed by atoms with Crippen LogP contribution in [0.3, 0.4) is 0 Å². The van der Waals surface area contributed by atoms with Crippen LogP contribution in [0.25, 0.3) is 0 Å². The van der Waals surface area contributed by atoms with Gasteiger partial charge in [0.1, 0.15) is 0 Å². The van der Waals surface area contributed by atoms with Crippen LogP contribution in [0.4, 0.5) is 0 Å². The van der Waals surface area contributed by atoms with Gasteiger partial charge in [-0.05, 0) is 31.6 Å². The fraction of sp³-hybridized carbons (Fsp3) is 1.00. The van der Waals surface area contributed by atoms with E-state index in [-0.39, 0.29) is 5.60 Å². The van der Waals surface area contributed by atoms with Gasteiger partial charge in [-0.25, -0.2) is 0 Å². The molecule has 0 aromatic carbocycles. The van der Waals surface area contributed by atoms with E-state index in [1.54, 1.807) is 7.11 Å². The Balaban J connectivity index is 2.45. The molecule has 0 saturated heterocycles. The van der Waals surface area contributed by atoms with Crippen LogP contribution in [-0.4, -0.2) is 19.3 Å². The van der Waals surface area contributed by atoms with Crippen LogP contribution in [-0.2, 0) is 4.74 Å². The summed E-state index contributed by atoms with van der Waals surface area (Å²) in [5.41, 5.74) is 2.73. The van der Waals surface area contributed by atoms with Crippen molar-refractivity contribution in [2.45, 2.75) is 38.2 Å². The maximum absolute atomic E-state index is 5.52. The highest BCUT2D eigenvalue weighted by Gasteiger charge is 2.33. The lowest BCUT2D eigenvalue weighted by molar-refractivity contribution is -0.0457. The third-order valence-electron chi connectivity index (χ3n) is 3.04. The number of nitrogens with one attached hydrogen (secondary N) is 1. The lowest BCUT2D eigenvalue weighted by Gasteiger charge is -2.38. The van der Waals surface area contributed by atoms with Gasteiger partial charge in [0, 0.05) is 13.7 Å². The number of ether oxygens (including phenoxy) is 1. The van der Waals surface area contributed by atoms with Crippen molar-refractivity contribution in [3.8, 4) is 0 Å². The van der Waals surface area contributed by atoms with E-state index in [9.17, 15) is 0 Å². The maximum Gasteiger partial charge on any atom is 0.0816 e. The minimum atomic E-state index is 0.0151. The molecular weight excluding hydrogens is 152 g/mol. The topological polar surface area (TPSA) is 47.3 Å². The van der Waals surface area contributed by atoms with Crippen LogP contribution in [0.15, 0.2) is 0 Å². The van der Waals surface area contributed by atoms with Gasteiger partial charge in [-0.2, -0.15) is 0 Å². The van der Waals surface area contributed by atoms with Gasteiger partial charge in [-0.1, -0.05) is 6.92 Å². The average molecular weight is 172 g/mol. The van der Waals surface area contributed by atoms with Gasteiger partial charge in [-0.15, -0.1) is 0 Å². The Hall–Kier alpha value is -0.120. The highest BCUT2D eigenvalue weighted by Crippen LogP contribution is 2.33. The van der Waals surface area contributed by atoms with Crippen molar-refractivity contribution in [1.29, 1.82) is 0 Å². The Bertz CT molecular complexity index is 130. The van der Waals surface area contributed by atoms with Gasteiger partial charge in [0.05, 0.1) is 5.60 Å². The largest absolute Gasteiger partial charge is 0.377 e. The van der Waals surface area contributed by atoms with Crippen molar-refractivity contribution in [3.63, 3.8) is 0 Å². The van der Waals surface area contributed by atoms with Crippen LogP contribution >= 0.6 is 0 Å². The predicted molar refractivity (Wildman–Crippen MR) is 49.6 cm³/mol. The van der Waals surface area contributed by atoms with Gasteiger partial charge in [0.25, 0.3) is 0 Å². The van der Waals surface area contributed by atoms with E-state index in [0.29, 0.717) is 0 Å². The van der Waals surface area contributed by atoms with Crippen LogP contribution in [0.1, 0.15) is 32.6 Å². The molecule has 0 amide bonds. The lowest BCUT2D eigenvalue weighted by atomic mass is 9.79. The Kier molecular flexibility index (Phi) is 3.50. The van der Waals surface area contributed by atoms with E-state index in [1.807, 2.05) is 0 Å². The van der Waals surface area contributed by atoms with Crippen molar-refractivity contribution in [2.75, 3.05) is 13.7 Å². The lowest BCUT2D eigenvalue weighted by Crippen LogP contribution is -2.47. The van der Waals surface area contributed by atoms with Crippen molar-refractivity contribution >= 4 is 0 Å². The highest BCUT2D eigenvalue weighted by atomic mass is 16.5. The van der Waals surface area contributed by atoms with Gasteiger partial charge in [-0.3, -0.25) is 11.3 Å². The Morgan fingerprint density at radius 2 is 2.08 bits per heavy atom. The Labute approximate surface area is 74.6 Å². The summed E-state index contributed by atoms with van der Waals surface area (Å²) in [5, 5.41) is 0. The molecule has 0 bridgehead atoms. The number of nitrogens with two attached hydrogens (primary N) is 1. The third-order valence-corrected chi connectivity index (χ3v) is 3.04. The van der Waals surface area contributed by atoms with E-state index in [4.69, 9.17) is 10.6 Å². The van der Waals surface area contributed by atoms with Crippen LogP contribution in [0.5, 0.6) is 0 Å². The molecule has 3 N–H and O–H groups in total. The van der Waals surface area contributed by atoms with Crippen molar-refractivity contribution in [1.82, 2.24) is 5.43 Å². The molecule has 1 rings (SSSR count). The summed E-state index contributed by atoms with van der Waals surface area (Å²) in [5.74, 6) is 6.18. The minimum absolute atomic E-state index is 0.0151. The first kappa shape index (κ1) is 9.96. The minimum Gasteiger partial charge on any atom is -0.377 e. The third kappa shape index (κ3) is 2.19. The fourth-order valence-electron chi connectivity index (χ4n) is 1.93. The molecule has 0 aliphatic heterocycles. The second-order valence-corrected chi connectivity index (χ2v) is 3.95. The van der Waals surface area contributed by atoms with Gasteiger partial charge in [0.2, 0.25) is 0 Å². The molecule has 0 unspecified atom stereocenters. The number of hydrogen-bond acceptors (Lipinski definition) is 3. The molecule has 0 aromatic heterocycles. The molecule has 1 saturated carbocycles. The first-order chi connectivity index (χ1) is 5.72. The molecule has 72 valence electrons. The summed E-state index contributed by atoms with van der Waals surface area (Å²) in [4.78, 5) is 0. The molecule has 0 aromatic rings. The summed E-state index contributed by atoms with van der Waals surface area (Å²) in [6.07, 6.45) is 4.79. The fourth-order valence-corrected chi connectivity index (χ4v) is 1.93. The summed E-state index contributed by atoms with van der Waals surface area (Å²) in [6.45, 7) is 3.08. The van der Waals surface area contributed by atoms with Gasteiger partial charge >= 0.3 is 0 Å². The monoisotopic (exact) mass is 172 g/mol. The summed E-state index contributed by atoms with van der Waals surface area (Å²) >= 11 is 0. The molecule has 12 heavy (non-hydrogen) atoms. The molecule has 1 fully saturated rings. The number of rotatable bonds is 3. The predicted octanol–water partition coefficient (Wildman–Crippen LogP) is 1.04. The zero-order chi connectivity index (χ0) is 9.03. The maximum atomic E-state index is 5.52. The van der Waals surface area contributed by atoms with Crippen LogP contribution in [0.2, 0.25) is 0 Å². The van der Waals surface area contributed by atoms with Gasteiger partial charge < -0.3 is 4.74 Å². The molecule has 0 atom stereocenters. The molecule has 0 heterocycles. The normalized spacial score (nSPS) is 36.8. The van der Waals surface area contributed by atoms with Crippen molar-refractivity contribution in [2.24, 2.45) is 11.8 Å². The van der Waals surface area contributed by atoms with Gasteiger partial charge in [0.15, 0.2) is 0 Å². The molecule has 0 radical (unpaired) electrons. The average Bonchev–Trinajstić information content (AvgIpc) is 2.10.